The summed E-state index contributed by atoms with van der Waals surface area (Å²) in [6.07, 6.45) is 7.72. The summed E-state index contributed by atoms with van der Waals surface area (Å²) in [6.45, 7) is 15.4. The van der Waals surface area contributed by atoms with E-state index in [2.05, 4.69) is 211 Å². The first-order valence-electron chi connectivity index (χ1n) is 15.9. The van der Waals surface area contributed by atoms with Gasteiger partial charge in [-0.05, 0) is 100 Å². The summed E-state index contributed by atoms with van der Waals surface area (Å²) in [6, 6.07) is 30.0. The molecule has 4 aromatic carbocycles. The molecule has 0 atom stereocenters. The normalized spacial score (nSPS) is 10.6. The first-order valence-corrected chi connectivity index (χ1v) is 29.0. The molecule has 0 radical (unpaired) electrons. The summed E-state index contributed by atoms with van der Waals surface area (Å²) in [5.74, 6) is 12.8. The second kappa shape index (κ2) is 29.6. The van der Waals surface area contributed by atoms with Gasteiger partial charge < -0.3 is 5.32 Å². The van der Waals surface area contributed by atoms with Crippen molar-refractivity contribution in [1.29, 1.82) is 0 Å². The number of nitrogens with one attached hydrogen (secondary N) is 1. The number of nitrogens with zero attached hydrogens (tertiary/aromatic N) is 1. The molecular weight excluding hydrogens is 1090 g/mol. The van der Waals surface area contributed by atoms with Crippen molar-refractivity contribution in [2.45, 2.75) is 62.1 Å². The monoisotopic (exact) mass is 1140 g/mol. The Balaban J connectivity index is 0. The molecular formula is C43H56ClI4N2-. The second-order valence-electron chi connectivity index (χ2n) is 13.1. The molecule has 0 unspecified atom stereocenters. The molecule has 274 valence electrons. The average molecular weight is 1140 g/mol. The fourth-order valence-corrected chi connectivity index (χ4v) is 4.42. The van der Waals surface area contributed by atoms with E-state index in [-0.39, 0.29) is 42.2 Å². The predicted molar refractivity (Wildman–Crippen MR) is 251 cm³/mol. The Bertz CT molecular complexity index is 1670. The van der Waals surface area contributed by atoms with E-state index in [4.69, 9.17) is 11.6 Å². The van der Waals surface area contributed by atoms with Gasteiger partial charge in [0.25, 0.3) is 0 Å². The van der Waals surface area contributed by atoms with Crippen molar-refractivity contribution in [2.24, 2.45) is 10.8 Å². The number of rotatable bonds is 7. The number of benzene rings is 4. The first-order chi connectivity index (χ1) is 22.8. The van der Waals surface area contributed by atoms with Crippen LogP contribution in [0.5, 0.6) is 0 Å². The van der Waals surface area contributed by atoms with E-state index in [1.54, 1.807) is 6.08 Å². The number of allylic oxidation sites excluding steroid dienone is 3. The van der Waals surface area contributed by atoms with Crippen LogP contribution >= 0.6 is 72.8 Å². The molecule has 0 fully saturated rings. The van der Waals surface area contributed by atoms with E-state index < -0.39 is 0 Å². The molecule has 0 amide bonds. The van der Waals surface area contributed by atoms with Gasteiger partial charge in [0.2, 0.25) is 0 Å². The molecule has 0 aliphatic rings. The van der Waals surface area contributed by atoms with Gasteiger partial charge in [-0.1, -0.05) is 128 Å². The maximum atomic E-state index is 5.40. The fourth-order valence-electron chi connectivity index (χ4n) is 4.33. The molecule has 0 aromatic heterocycles. The van der Waals surface area contributed by atoms with Crippen molar-refractivity contribution in [3.05, 3.63) is 120 Å². The van der Waals surface area contributed by atoms with Gasteiger partial charge in [0.1, 0.15) is 0 Å². The number of alkyl halides is 1. The Morgan fingerprint density at radius 1 is 0.720 bits per heavy atom. The third-order valence-corrected chi connectivity index (χ3v) is 6.55. The van der Waals surface area contributed by atoms with E-state index in [1.807, 2.05) is 19.2 Å². The molecule has 0 bridgehead atoms. The number of hydrogen-bond donors (Lipinski definition) is 1. The van der Waals surface area contributed by atoms with Crippen LogP contribution in [0.15, 0.2) is 109 Å². The molecule has 7 heteroatoms. The van der Waals surface area contributed by atoms with Gasteiger partial charge in [0.05, 0.1) is 0 Å². The molecule has 0 saturated heterocycles. The Hall–Kier alpha value is -0.870. The van der Waals surface area contributed by atoms with Gasteiger partial charge in [-0.3, -0.25) is 4.90 Å². The molecule has 0 heterocycles. The van der Waals surface area contributed by atoms with Gasteiger partial charge in [-0.25, -0.2) is 0 Å². The van der Waals surface area contributed by atoms with Crippen molar-refractivity contribution in [1.82, 2.24) is 10.2 Å². The molecule has 4 aromatic rings. The Morgan fingerprint density at radius 3 is 1.60 bits per heavy atom. The van der Waals surface area contributed by atoms with Crippen molar-refractivity contribution in [3.8, 4) is 23.7 Å². The number of fused-ring (bicyclic) bond motifs is 2. The minimum absolute atomic E-state index is 0. The number of hydrogen-bond acceptors (Lipinski definition) is 2. The van der Waals surface area contributed by atoms with Gasteiger partial charge in [-0.2, -0.15) is 0 Å². The topological polar surface area (TPSA) is 15.3 Å². The van der Waals surface area contributed by atoms with Gasteiger partial charge in [-0.15, -0.1) is 35.6 Å². The van der Waals surface area contributed by atoms with Crippen LogP contribution in [0.25, 0.3) is 21.5 Å². The van der Waals surface area contributed by atoms with Crippen molar-refractivity contribution >= 4 is 94.4 Å². The van der Waals surface area contributed by atoms with Crippen LogP contribution in [-0.2, 0) is 13.1 Å². The molecule has 0 aliphatic heterocycles. The first kappa shape index (κ1) is 51.2. The molecule has 2 nitrogen and oxygen atoms in total. The van der Waals surface area contributed by atoms with Crippen LogP contribution in [0.1, 0.15) is 60.1 Å². The SMILES string of the molecule is C.CC(C)(C)C#C/C=C/CCl.CN(C/C=C/C#CC(C)(C)C)Cc1cccc2ccccc12.CNCc1cccc2ccccc12.I.I[I-]I. The Morgan fingerprint density at radius 2 is 1.14 bits per heavy atom. The Labute approximate surface area is 357 Å². The van der Waals surface area contributed by atoms with Crippen LogP contribution in [0.4, 0.5) is 0 Å². The van der Waals surface area contributed by atoms with Gasteiger partial charge in [0, 0.05) is 36.3 Å². The summed E-state index contributed by atoms with van der Waals surface area (Å²) in [7, 11) is 4.12. The molecule has 0 saturated carbocycles. The Kier molecular flexibility index (Phi) is 30.3. The summed E-state index contributed by atoms with van der Waals surface area (Å²) in [4.78, 5) is 2.30. The van der Waals surface area contributed by atoms with Crippen molar-refractivity contribution in [3.63, 3.8) is 0 Å². The van der Waals surface area contributed by atoms with E-state index in [9.17, 15) is 0 Å². The van der Waals surface area contributed by atoms with E-state index in [0.717, 1.165) is 19.6 Å². The quantitative estimate of drug-likeness (QED) is 0.113. The maximum absolute atomic E-state index is 5.40. The van der Waals surface area contributed by atoms with Crippen molar-refractivity contribution < 1.29 is 13.3 Å². The van der Waals surface area contributed by atoms with Crippen LogP contribution in [0.2, 0.25) is 0 Å². The zero-order chi connectivity index (χ0) is 35.8. The van der Waals surface area contributed by atoms with Crippen LogP contribution < -0.4 is 18.6 Å². The summed E-state index contributed by atoms with van der Waals surface area (Å²) in [5, 5.41) is 8.48. The minimum atomic E-state index is 0. The third-order valence-electron chi connectivity index (χ3n) is 6.37. The van der Waals surface area contributed by atoms with Crippen molar-refractivity contribution in [2.75, 3.05) is 26.5 Å². The molecule has 50 heavy (non-hydrogen) atoms. The van der Waals surface area contributed by atoms with Crippen LogP contribution in [-0.4, -0.2) is 31.4 Å². The number of likely N-dealkylation sites (N-methyl/N-ethyl adjacent to an activating group) is 1. The number of halogens is 5. The molecule has 0 spiro atoms. The predicted octanol–water partition coefficient (Wildman–Crippen LogP) is 10.3. The zero-order valence-corrected chi connectivity index (χ0v) is 39.6. The average Bonchev–Trinajstić information content (AvgIpc) is 3.04. The van der Waals surface area contributed by atoms with E-state index in [0.29, 0.717) is 19.1 Å². The standard InChI is InChI=1S/C21H25N.C12H13N.C9H13Cl.CH4.I3.HI/c1-21(2,3)15-8-5-9-16-22(4)17-19-13-10-12-18-11-6-7-14-20(18)19;1-13-9-11-7-4-6-10-5-2-3-8-12(10)11;1-9(2,3)7-5-4-6-8-10;;1-3-2;/h5-7,9-14H,16-17H2,1-4H3;2-8,13H,9H2,1H3;4,6H,8H2,1-3H3;1H4;;1H/q;;;;-1;/b9-5+;;6-4+;;;. The second-order valence-corrected chi connectivity index (χ2v) is 29.6. The third kappa shape index (κ3) is 24.4. The fraction of sp³-hybridized carbons (Fsp3) is 0.349. The van der Waals surface area contributed by atoms with Crippen LogP contribution in [0, 0.1) is 34.5 Å². The molecule has 4 rings (SSSR count). The van der Waals surface area contributed by atoms with E-state index in [1.165, 1.54) is 32.7 Å². The summed E-state index contributed by atoms with van der Waals surface area (Å²) >= 11 is 10.7. The molecule has 1 N–H and O–H groups in total. The summed E-state index contributed by atoms with van der Waals surface area (Å²) in [5.41, 5.74) is 2.89. The zero-order valence-electron chi connectivity index (χ0n) is 30.1. The van der Waals surface area contributed by atoms with E-state index >= 15 is 0 Å². The molecule has 0 aliphatic carbocycles. The van der Waals surface area contributed by atoms with Gasteiger partial charge in [0.15, 0.2) is 0 Å². The summed E-state index contributed by atoms with van der Waals surface area (Å²) < 4.78 is 0. The van der Waals surface area contributed by atoms with Gasteiger partial charge >= 0.3 is 50.5 Å². The van der Waals surface area contributed by atoms with Crippen LogP contribution in [0.3, 0.4) is 0 Å².